The first kappa shape index (κ1) is 17.2. The van der Waals surface area contributed by atoms with Crippen molar-refractivity contribution in [1.82, 2.24) is 4.90 Å². The van der Waals surface area contributed by atoms with Gasteiger partial charge in [-0.2, -0.15) is 0 Å². The van der Waals surface area contributed by atoms with E-state index < -0.39 is 4.33 Å². The average molecular weight is 373 g/mol. The SMILES string of the molecule is CC1CCN(C(=O)Nc2ccccc2SCC2CC2(Cl)Cl)CC1. The minimum Gasteiger partial charge on any atom is -0.325 e. The maximum absolute atomic E-state index is 12.4. The first-order chi connectivity index (χ1) is 11.0. The van der Waals surface area contributed by atoms with E-state index in [-0.39, 0.29) is 6.03 Å². The highest BCUT2D eigenvalue weighted by Gasteiger charge is 2.51. The van der Waals surface area contributed by atoms with E-state index in [0.29, 0.717) is 11.8 Å². The fourth-order valence-electron chi connectivity index (χ4n) is 2.74. The van der Waals surface area contributed by atoms with Gasteiger partial charge in [0, 0.05) is 29.7 Å². The number of benzene rings is 1. The molecule has 3 nitrogen and oxygen atoms in total. The molecule has 1 saturated carbocycles. The molecule has 1 saturated heterocycles. The summed E-state index contributed by atoms with van der Waals surface area (Å²) in [5.41, 5.74) is 0.872. The summed E-state index contributed by atoms with van der Waals surface area (Å²) >= 11 is 13.9. The number of urea groups is 1. The number of likely N-dealkylation sites (tertiary alicyclic amines) is 1. The van der Waals surface area contributed by atoms with Crippen LogP contribution < -0.4 is 5.32 Å². The molecular formula is C17H22Cl2N2OS. The molecule has 2 aliphatic rings. The van der Waals surface area contributed by atoms with Gasteiger partial charge in [0.05, 0.1) is 5.69 Å². The van der Waals surface area contributed by atoms with Crippen molar-refractivity contribution in [3.63, 3.8) is 0 Å². The molecule has 23 heavy (non-hydrogen) atoms. The van der Waals surface area contributed by atoms with Gasteiger partial charge in [0.2, 0.25) is 0 Å². The quantitative estimate of drug-likeness (QED) is 0.579. The Balaban J connectivity index is 1.58. The van der Waals surface area contributed by atoms with Crippen molar-refractivity contribution in [3.8, 4) is 0 Å². The lowest BCUT2D eigenvalue weighted by atomic mass is 10.00. The number of anilines is 1. The highest BCUT2D eigenvalue weighted by molar-refractivity contribution is 7.99. The van der Waals surface area contributed by atoms with E-state index in [1.165, 1.54) is 0 Å². The van der Waals surface area contributed by atoms with Crippen LogP contribution in [0.4, 0.5) is 10.5 Å². The number of carbonyl (C=O) groups excluding carboxylic acids is 1. The number of halogens is 2. The molecule has 2 amide bonds. The Kier molecular flexibility index (Phi) is 5.34. The zero-order chi connectivity index (χ0) is 16.4. The predicted molar refractivity (Wildman–Crippen MR) is 98.7 cm³/mol. The Bertz CT molecular complexity index is 573. The summed E-state index contributed by atoms with van der Waals surface area (Å²) in [7, 11) is 0. The van der Waals surface area contributed by atoms with E-state index in [9.17, 15) is 4.79 Å². The number of nitrogens with zero attached hydrogens (tertiary/aromatic N) is 1. The van der Waals surface area contributed by atoms with Gasteiger partial charge < -0.3 is 10.2 Å². The minimum absolute atomic E-state index is 0.000375. The molecule has 0 bridgehead atoms. The third-order valence-electron chi connectivity index (χ3n) is 4.60. The smallest absolute Gasteiger partial charge is 0.321 e. The molecule has 0 radical (unpaired) electrons. The second-order valence-corrected chi connectivity index (χ2v) is 9.17. The van der Waals surface area contributed by atoms with Crippen LogP contribution in [0.1, 0.15) is 26.2 Å². The lowest BCUT2D eigenvalue weighted by Crippen LogP contribution is -2.40. The Hall–Kier alpha value is -0.580. The number of hydrogen-bond acceptors (Lipinski definition) is 2. The van der Waals surface area contributed by atoms with Gasteiger partial charge in [0.15, 0.2) is 0 Å². The number of carbonyl (C=O) groups is 1. The number of para-hydroxylation sites is 1. The molecule has 1 atom stereocenters. The number of alkyl halides is 2. The third kappa shape index (κ3) is 4.49. The summed E-state index contributed by atoms with van der Waals surface area (Å²) in [6, 6.07) is 7.92. The van der Waals surface area contributed by atoms with Crippen LogP contribution in [0.15, 0.2) is 29.2 Å². The molecular weight excluding hydrogens is 351 g/mol. The number of nitrogens with one attached hydrogen (secondary N) is 1. The molecule has 1 aromatic carbocycles. The Morgan fingerprint density at radius 1 is 1.35 bits per heavy atom. The molecule has 3 rings (SSSR count). The van der Waals surface area contributed by atoms with Gasteiger partial charge in [-0.1, -0.05) is 19.1 Å². The zero-order valence-corrected chi connectivity index (χ0v) is 15.6. The highest BCUT2D eigenvalue weighted by atomic mass is 35.5. The van der Waals surface area contributed by atoms with Crippen molar-refractivity contribution in [2.45, 2.75) is 35.4 Å². The van der Waals surface area contributed by atoms with E-state index in [2.05, 4.69) is 12.2 Å². The standard InChI is InChI=1S/C17H22Cl2N2OS/c1-12-6-8-21(9-7-12)16(22)20-14-4-2-3-5-15(14)23-11-13-10-17(13,18)19/h2-5,12-13H,6-11H2,1H3,(H,20,22). The second kappa shape index (κ2) is 7.12. The van der Waals surface area contributed by atoms with E-state index in [0.717, 1.165) is 48.7 Å². The van der Waals surface area contributed by atoms with Crippen LogP contribution in [0.5, 0.6) is 0 Å². The average Bonchev–Trinajstić information content (AvgIpc) is 3.14. The zero-order valence-electron chi connectivity index (χ0n) is 13.2. The molecule has 2 fully saturated rings. The van der Waals surface area contributed by atoms with Crippen molar-refractivity contribution in [1.29, 1.82) is 0 Å². The molecule has 1 unspecified atom stereocenters. The van der Waals surface area contributed by atoms with Gasteiger partial charge in [-0.25, -0.2) is 4.79 Å². The Morgan fingerprint density at radius 2 is 2.00 bits per heavy atom. The normalized spacial score (nSPS) is 23.6. The summed E-state index contributed by atoms with van der Waals surface area (Å²) in [6.45, 7) is 3.92. The van der Waals surface area contributed by atoms with Crippen molar-refractivity contribution in [3.05, 3.63) is 24.3 Å². The maximum Gasteiger partial charge on any atom is 0.321 e. The van der Waals surface area contributed by atoms with Crippen LogP contribution >= 0.6 is 35.0 Å². The van der Waals surface area contributed by atoms with Gasteiger partial charge in [0.25, 0.3) is 0 Å². The molecule has 6 heteroatoms. The molecule has 0 spiro atoms. The van der Waals surface area contributed by atoms with Crippen molar-refractivity contribution in [2.75, 3.05) is 24.2 Å². The summed E-state index contributed by atoms with van der Waals surface area (Å²) in [5, 5.41) is 3.06. The molecule has 126 valence electrons. The lowest BCUT2D eigenvalue weighted by molar-refractivity contribution is 0.186. The van der Waals surface area contributed by atoms with Gasteiger partial charge >= 0.3 is 6.03 Å². The molecule has 0 aromatic heterocycles. The largest absolute Gasteiger partial charge is 0.325 e. The van der Waals surface area contributed by atoms with E-state index in [1.54, 1.807) is 11.8 Å². The maximum atomic E-state index is 12.4. The van der Waals surface area contributed by atoms with E-state index in [4.69, 9.17) is 23.2 Å². The van der Waals surface area contributed by atoms with Crippen molar-refractivity contribution >= 4 is 46.7 Å². The first-order valence-electron chi connectivity index (χ1n) is 8.11. The first-order valence-corrected chi connectivity index (χ1v) is 9.85. The summed E-state index contributed by atoms with van der Waals surface area (Å²) in [5.74, 6) is 1.93. The topological polar surface area (TPSA) is 32.3 Å². The van der Waals surface area contributed by atoms with Crippen LogP contribution in [0.25, 0.3) is 0 Å². The van der Waals surface area contributed by atoms with Crippen LogP contribution in [-0.4, -0.2) is 34.1 Å². The number of amides is 2. The number of hydrogen-bond donors (Lipinski definition) is 1. The van der Waals surface area contributed by atoms with Crippen LogP contribution in [0.3, 0.4) is 0 Å². The monoisotopic (exact) mass is 372 g/mol. The molecule has 1 aromatic rings. The number of rotatable bonds is 4. The van der Waals surface area contributed by atoms with E-state index in [1.807, 2.05) is 29.2 Å². The number of piperidine rings is 1. The third-order valence-corrected chi connectivity index (χ3v) is 6.76. The Morgan fingerprint density at radius 3 is 2.65 bits per heavy atom. The predicted octanol–water partition coefficient (Wildman–Crippen LogP) is 5.24. The van der Waals surface area contributed by atoms with Crippen molar-refractivity contribution in [2.24, 2.45) is 11.8 Å². The van der Waals surface area contributed by atoms with Crippen LogP contribution in [0, 0.1) is 11.8 Å². The fourth-order valence-corrected chi connectivity index (χ4v) is 4.68. The molecule has 1 aliphatic heterocycles. The minimum atomic E-state index is -0.546. The van der Waals surface area contributed by atoms with Crippen LogP contribution in [-0.2, 0) is 0 Å². The summed E-state index contributed by atoms with van der Waals surface area (Å²) in [4.78, 5) is 15.4. The molecule has 1 heterocycles. The van der Waals surface area contributed by atoms with Gasteiger partial charge in [-0.15, -0.1) is 35.0 Å². The second-order valence-electron chi connectivity index (χ2n) is 6.57. The summed E-state index contributed by atoms with van der Waals surface area (Å²) in [6.07, 6.45) is 3.02. The number of thioether (sulfide) groups is 1. The Labute approximate surface area is 152 Å². The van der Waals surface area contributed by atoms with Gasteiger partial charge in [0.1, 0.15) is 4.33 Å². The lowest BCUT2D eigenvalue weighted by Gasteiger charge is -2.30. The molecule has 1 aliphatic carbocycles. The van der Waals surface area contributed by atoms with Crippen molar-refractivity contribution < 1.29 is 4.79 Å². The fraction of sp³-hybridized carbons (Fsp3) is 0.588. The summed E-state index contributed by atoms with van der Waals surface area (Å²) < 4.78 is -0.546. The van der Waals surface area contributed by atoms with Gasteiger partial charge in [-0.05, 0) is 37.3 Å². The van der Waals surface area contributed by atoms with Crippen LogP contribution in [0.2, 0.25) is 0 Å². The highest BCUT2D eigenvalue weighted by Crippen LogP contribution is 2.55. The van der Waals surface area contributed by atoms with Gasteiger partial charge in [-0.3, -0.25) is 0 Å². The molecule has 1 N–H and O–H groups in total. The van der Waals surface area contributed by atoms with E-state index >= 15 is 0 Å².